The second-order valence-electron chi connectivity index (χ2n) is 22.2. The summed E-state index contributed by atoms with van der Waals surface area (Å²) in [6, 6.07) is 0. The molecule has 1 aliphatic heterocycles. The molecule has 6 atom stereocenters. The second kappa shape index (κ2) is 56.1. The third kappa shape index (κ3) is 45.4. The lowest BCUT2D eigenvalue weighted by molar-refractivity contribution is -0.305. The van der Waals surface area contributed by atoms with Gasteiger partial charge in [0.05, 0.1) is 19.8 Å². The van der Waals surface area contributed by atoms with E-state index in [4.69, 9.17) is 18.9 Å². The molecule has 0 saturated carbocycles. The van der Waals surface area contributed by atoms with E-state index < -0.39 is 43.4 Å². The number of esters is 1. The van der Waals surface area contributed by atoms with Crippen molar-refractivity contribution < 1.29 is 44.2 Å². The van der Waals surface area contributed by atoms with Gasteiger partial charge in [0.25, 0.3) is 0 Å². The molecule has 1 rings (SSSR count). The summed E-state index contributed by atoms with van der Waals surface area (Å²) in [7, 11) is 0. The molecule has 1 saturated heterocycles. The number of carbonyl (C=O) groups is 1. The number of allylic oxidation sites excluding steroid dienone is 6. The monoisotopic (exact) mass is 1050 g/mol. The fourth-order valence-corrected chi connectivity index (χ4v) is 10.1. The summed E-state index contributed by atoms with van der Waals surface area (Å²) >= 11 is 0. The molecule has 0 radical (unpaired) electrons. The van der Waals surface area contributed by atoms with Crippen LogP contribution in [0.5, 0.6) is 0 Å². The number of ether oxygens (including phenoxy) is 4. The van der Waals surface area contributed by atoms with Gasteiger partial charge in [0, 0.05) is 13.0 Å². The number of rotatable bonds is 57. The topological polar surface area (TPSA) is 135 Å². The van der Waals surface area contributed by atoms with Gasteiger partial charge >= 0.3 is 5.97 Å². The fraction of sp³-hybridized carbons (Fsp3) is 0.892. The molecule has 74 heavy (non-hydrogen) atoms. The molecule has 0 aliphatic carbocycles. The van der Waals surface area contributed by atoms with E-state index in [1.54, 1.807) is 0 Å². The number of hydrogen-bond acceptors (Lipinski definition) is 9. The van der Waals surface area contributed by atoms with Gasteiger partial charge in [-0.1, -0.05) is 288 Å². The van der Waals surface area contributed by atoms with E-state index >= 15 is 0 Å². The van der Waals surface area contributed by atoms with Gasteiger partial charge in [-0.3, -0.25) is 4.79 Å². The maximum Gasteiger partial charge on any atom is 0.306 e. The number of hydrogen-bond donors (Lipinski definition) is 4. The molecule has 1 aliphatic rings. The summed E-state index contributed by atoms with van der Waals surface area (Å²) in [6.45, 7) is 4.61. The highest BCUT2D eigenvalue weighted by Crippen LogP contribution is 2.23. The van der Waals surface area contributed by atoms with Gasteiger partial charge in [-0.05, 0) is 51.4 Å². The Balaban J connectivity index is 2.11. The number of unbranched alkanes of at least 4 members (excludes halogenated alkanes) is 40. The van der Waals surface area contributed by atoms with Gasteiger partial charge in [-0.15, -0.1) is 0 Å². The van der Waals surface area contributed by atoms with Crippen LogP contribution in [0, 0.1) is 0 Å². The molecule has 0 bridgehead atoms. The van der Waals surface area contributed by atoms with Crippen LogP contribution in [0.1, 0.15) is 309 Å². The average Bonchev–Trinajstić information content (AvgIpc) is 3.40. The SMILES string of the molecule is CCCCCCC/C=C\C/C=C\C/C=C\CCCCCCCCCCCCC(=O)OC(COCCCCCCCCCCCCCCCCCCCCCCCCCCCC)COC1OC(CO)C(O)C(O)C1O. The predicted octanol–water partition coefficient (Wildman–Crippen LogP) is 17.4. The Kier molecular flexibility index (Phi) is 53.4. The van der Waals surface area contributed by atoms with Gasteiger partial charge in [0.15, 0.2) is 6.29 Å². The Morgan fingerprint density at radius 1 is 0.432 bits per heavy atom. The van der Waals surface area contributed by atoms with Crippen molar-refractivity contribution in [2.24, 2.45) is 0 Å². The van der Waals surface area contributed by atoms with E-state index in [-0.39, 0.29) is 19.2 Å². The molecule has 9 heteroatoms. The number of aliphatic hydroxyl groups excluding tert-OH is 4. The molecule has 0 aromatic rings. The Morgan fingerprint density at radius 2 is 0.784 bits per heavy atom. The normalized spacial score (nSPS) is 18.7. The lowest BCUT2D eigenvalue weighted by Gasteiger charge is -2.39. The lowest BCUT2D eigenvalue weighted by Crippen LogP contribution is -2.59. The summed E-state index contributed by atoms with van der Waals surface area (Å²) in [5.41, 5.74) is 0. The lowest BCUT2D eigenvalue weighted by atomic mass is 9.99. The molecule has 1 fully saturated rings. The van der Waals surface area contributed by atoms with Crippen LogP contribution >= 0.6 is 0 Å². The molecule has 0 amide bonds. The molecular formula is C65H122O9. The Bertz CT molecular complexity index is 1240. The average molecular weight is 1050 g/mol. The highest BCUT2D eigenvalue weighted by atomic mass is 16.7. The quantitative estimate of drug-likeness (QED) is 0.0267. The first-order valence-electron chi connectivity index (χ1n) is 32.1. The van der Waals surface area contributed by atoms with Gasteiger partial charge in [-0.25, -0.2) is 0 Å². The van der Waals surface area contributed by atoms with Gasteiger partial charge in [-0.2, -0.15) is 0 Å². The third-order valence-electron chi connectivity index (χ3n) is 15.1. The fourth-order valence-electron chi connectivity index (χ4n) is 10.1. The van der Waals surface area contributed by atoms with Crippen LogP contribution in [0.15, 0.2) is 36.5 Å². The summed E-state index contributed by atoms with van der Waals surface area (Å²) in [5.74, 6) is -0.311. The number of aliphatic hydroxyl groups is 4. The third-order valence-corrected chi connectivity index (χ3v) is 15.1. The second-order valence-corrected chi connectivity index (χ2v) is 22.2. The minimum Gasteiger partial charge on any atom is -0.457 e. The van der Waals surface area contributed by atoms with Gasteiger partial charge in [0.2, 0.25) is 0 Å². The van der Waals surface area contributed by atoms with E-state index in [0.717, 1.165) is 44.9 Å². The van der Waals surface area contributed by atoms with Gasteiger partial charge < -0.3 is 39.4 Å². The first-order valence-corrected chi connectivity index (χ1v) is 32.1. The van der Waals surface area contributed by atoms with Crippen LogP contribution in [0.3, 0.4) is 0 Å². The van der Waals surface area contributed by atoms with Crippen molar-refractivity contribution in [3.05, 3.63) is 36.5 Å². The van der Waals surface area contributed by atoms with E-state index in [2.05, 4.69) is 50.3 Å². The summed E-state index contributed by atoms with van der Waals surface area (Å²) in [5, 5.41) is 40.4. The largest absolute Gasteiger partial charge is 0.457 e. The zero-order valence-electron chi connectivity index (χ0n) is 48.6. The van der Waals surface area contributed by atoms with Crippen molar-refractivity contribution in [2.75, 3.05) is 26.4 Å². The highest BCUT2D eigenvalue weighted by molar-refractivity contribution is 5.69. The predicted molar refractivity (Wildman–Crippen MR) is 312 cm³/mol. The zero-order valence-corrected chi connectivity index (χ0v) is 48.6. The summed E-state index contributed by atoms with van der Waals surface area (Å²) in [4.78, 5) is 12.9. The summed E-state index contributed by atoms with van der Waals surface area (Å²) < 4.78 is 23.0. The molecule has 1 heterocycles. The Morgan fingerprint density at radius 3 is 1.18 bits per heavy atom. The smallest absolute Gasteiger partial charge is 0.306 e. The van der Waals surface area contributed by atoms with Crippen molar-refractivity contribution in [3.8, 4) is 0 Å². The van der Waals surface area contributed by atoms with Crippen LogP contribution in [-0.4, -0.2) is 89.6 Å². The molecule has 9 nitrogen and oxygen atoms in total. The molecule has 0 aromatic heterocycles. The standard InChI is InChI=1S/C65H122O9/c1-3-5-7-9-11-13-15-17-19-21-23-25-27-29-31-33-35-37-39-41-43-45-47-49-51-53-55-71-57-59(58-72-65-64(70)63(69)62(68)60(56-66)74-65)73-61(67)54-52-50-48-46-44-42-40-38-36-34-32-30-28-26-24-22-20-18-16-14-12-10-8-6-4-2/h16,18,22,24,28,30,59-60,62-66,68-70H,3-15,17,19-21,23,25-27,29,31-58H2,1-2H3/b18-16-,24-22-,30-28-. The number of carbonyl (C=O) groups excluding carboxylic acids is 1. The zero-order chi connectivity index (χ0) is 53.5. The summed E-state index contributed by atoms with van der Waals surface area (Å²) in [6.07, 6.45) is 65.0. The van der Waals surface area contributed by atoms with Crippen molar-refractivity contribution in [1.29, 1.82) is 0 Å². The molecule has 436 valence electrons. The van der Waals surface area contributed by atoms with Gasteiger partial charge in [0.1, 0.15) is 30.5 Å². The van der Waals surface area contributed by atoms with Crippen molar-refractivity contribution in [2.45, 2.75) is 346 Å². The van der Waals surface area contributed by atoms with E-state index in [9.17, 15) is 25.2 Å². The Hall–Kier alpha value is -1.59. The molecule has 6 unspecified atom stereocenters. The Labute approximate surface area is 457 Å². The molecular weight excluding hydrogens is 925 g/mol. The van der Waals surface area contributed by atoms with Crippen LogP contribution < -0.4 is 0 Å². The van der Waals surface area contributed by atoms with Crippen LogP contribution in [0.2, 0.25) is 0 Å². The molecule has 0 spiro atoms. The van der Waals surface area contributed by atoms with Crippen molar-refractivity contribution >= 4 is 5.97 Å². The molecule has 0 aromatic carbocycles. The van der Waals surface area contributed by atoms with E-state index in [0.29, 0.717) is 13.0 Å². The van der Waals surface area contributed by atoms with Crippen LogP contribution in [-0.2, 0) is 23.7 Å². The van der Waals surface area contributed by atoms with E-state index in [1.165, 1.54) is 244 Å². The minimum atomic E-state index is -1.54. The minimum absolute atomic E-state index is 0.111. The maximum absolute atomic E-state index is 12.9. The maximum atomic E-state index is 12.9. The first-order chi connectivity index (χ1) is 36.4. The van der Waals surface area contributed by atoms with Crippen molar-refractivity contribution in [1.82, 2.24) is 0 Å². The van der Waals surface area contributed by atoms with E-state index in [1.807, 2.05) is 0 Å². The van der Waals surface area contributed by atoms with Crippen LogP contribution in [0.25, 0.3) is 0 Å². The van der Waals surface area contributed by atoms with Crippen molar-refractivity contribution in [3.63, 3.8) is 0 Å². The first kappa shape index (κ1) is 70.4. The molecule has 4 N–H and O–H groups in total. The highest BCUT2D eigenvalue weighted by Gasteiger charge is 2.44. The van der Waals surface area contributed by atoms with Crippen LogP contribution in [0.4, 0.5) is 0 Å².